The number of para-hydroxylation sites is 2. The molecular formula is C33H42N10O6. The molecule has 4 unspecified atom stereocenters. The number of aromatic amines is 2. The molecule has 2 aromatic heterocycles. The topological polar surface area (TPSA) is 290 Å². The number of nitrogens with two attached hydrogens (primary N) is 4. The molecule has 0 aliphatic carbocycles. The summed E-state index contributed by atoms with van der Waals surface area (Å²) in [5, 5.41) is 19.6. The number of amides is 4. The molecule has 0 aliphatic rings. The van der Waals surface area contributed by atoms with Gasteiger partial charge in [-0.05, 0) is 42.5 Å². The van der Waals surface area contributed by atoms with Crippen molar-refractivity contribution in [3.05, 3.63) is 72.1 Å². The second-order valence-electron chi connectivity index (χ2n) is 11.7. The first-order valence-electron chi connectivity index (χ1n) is 15.8. The van der Waals surface area contributed by atoms with Gasteiger partial charge in [-0.15, -0.1) is 0 Å². The molecule has 0 spiro atoms. The number of rotatable bonds is 18. The Hall–Kier alpha value is -5.90. The fraction of sp³-hybridized carbons (Fsp3) is 0.333. The summed E-state index contributed by atoms with van der Waals surface area (Å²) >= 11 is 0. The van der Waals surface area contributed by atoms with Gasteiger partial charge < -0.3 is 54.0 Å². The normalized spacial score (nSPS) is 13.6. The first-order chi connectivity index (χ1) is 23.4. The van der Waals surface area contributed by atoms with Gasteiger partial charge >= 0.3 is 5.97 Å². The third kappa shape index (κ3) is 10.0. The third-order valence-corrected chi connectivity index (χ3v) is 8.06. The zero-order valence-electron chi connectivity index (χ0n) is 26.8. The number of H-pyrrole nitrogens is 2. The predicted octanol–water partition coefficient (Wildman–Crippen LogP) is -0.380. The fourth-order valence-corrected chi connectivity index (χ4v) is 5.47. The largest absolute Gasteiger partial charge is 0.480 e. The average molecular weight is 675 g/mol. The second kappa shape index (κ2) is 16.8. The molecular weight excluding hydrogens is 632 g/mol. The lowest BCUT2D eigenvalue weighted by molar-refractivity contribution is -0.142. The van der Waals surface area contributed by atoms with Crippen molar-refractivity contribution in [2.75, 3.05) is 6.54 Å². The Morgan fingerprint density at radius 2 is 1.22 bits per heavy atom. The summed E-state index contributed by atoms with van der Waals surface area (Å²) in [7, 11) is 0. The molecule has 49 heavy (non-hydrogen) atoms. The highest BCUT2D eigenvalue weighted by atomic mass is 16.4. The van der Waals surface area contributed by atoms with Crippen LogP contribution in [-0.2, 0) is 36.8 Å². The van der Waals surface area contributed by atoms with Gasteiger partial charge in [-0.1, -0.05) is 36.4 Å². The van der Waals surface area contributed by atoms with Crippen LogP contribution >= 0.6 is 0 Å². The smallest absolute Gasteiger partial charge is 0.326 e. The van der Waals surface area contributed by atoms with Gasteiger partial charge in [0.15, 0.2) is 5.96 Å². The molecule has 0 saturated heterocycles. The number of carboxylic acid groups (broad SMARTS) is 1. The van der Waals surface area contributed by atoms with E-state index in [0.717, 1.165) is 21.8 Å². The van der Waals surface area contributed by atoms with Gasteiger partial charge in [0.05, 0.1) is 6.04 Å². The fourth-order valence-electron chi connectivity index (χ4n) is 5.47. The highest BCUT2D eigenvalue weighted by Gasteiger charge is 2.31. The number of aromatic nitrogens is 2. The van der Waals surface area contributed by atoms with Gasteiger partial charge in [0.2, 0.25) is 23.6 Å². The molecule has 0 saturated carbocycles. The molecule has 16 heteroatoms. The number of nitrogens with zero attached hydrogens (tertiary/aromatic N) is 1. The third-order valence-electron chi connectivity index (χ3n) is 8.06. The van der Waals surface area contributed by atoms with Gasteiger partial charge in [-0.2, -0.15) is 0 Å². The number of carbonyl (C=O) groups excluding carboxylic acids is 4. The van der Waals surface area contributed by atoms with Crippen molar-refractivity contribution in [3.63, 3.8) is 0 Å². The van der Waals surface area contributed by atoms with Crippen molar-refractivity contribution in [3.8, 4) is 0 Å². The highest BCUT2D eigenvalue weighted by Crippen LogP contribution is 2.21. The number of fused-ring (bicyclic) bond motifs is 2. The van der Waals surface area contributed by atoms with Gasteiger partial charge in [0, 0.05) is 60.0 Å². The van der Waals surface area contributed by atoms with E-state index >= 15 is 0 Å². The van der Waals surface area contributed by atoms with E-state index in [2.05, 4.69) is 30.9 Å². The summed E-state index contributed by atoms with van der Waals surface area (Å²) in [5.74, 6) is -4.20. The molecule has 4 aromatic rings. The summed E-state index contributed by atoms with van der Waals surface area (Å²) < 4.78 is 0. The van der Waals surface area contributed by atoms with Crippen LogP contribution in [0.4, 0.5) is 0 Å². The Morgan fingerprint density at radius 3 is 1.78 bits per heavy atom. The number of carbonyl (C=O) groups is 5. The van der Waals surface area contributed by atoms with Crippen LogP contribution in [0.2, 0.25) is 0 Å². The maximum absolute atomic E-state index is 13.9. The van der Waals surface area contributed by atoms with E-state index < -0.39 is 53.8 Å². The molecule has 0 aliphatic heterocycles. The number of aliphatic carboxylic acids is 1. The maximum atomic E-state index is 13.9. The molecule has 16 nitrogen and oxygen atoms in total. The first kappa shape index (κ1) is 35.9. The molecule has 14 N–H and O–H groups in total. The Balaban J connectivity index is 1.58. The average Bonchev–Trinajstić information content (AvgIpc) is 3.67. The van der Waals surface area contributed by atoms with Crippen molar-refractivity contribution in [1.82, 2.24) is 25.9 Å². The molecule has 2 heterocycles. The van der Waals surface area contributed by atoms with E-state index in [1.165, 1.54) is 0 Å². The van der Waals surface area contributed by atoms with Crippen molar-refractivity contribution >= 4 is 57.4 Å². The van der Waals surface area contributed by atoms with Crippen LogP contribution in [0.1, 0.15) is 36.8 Å². The van der Waals surface area contributed by atoms with Crippen LogP contribution in [0.3, 0.4) is 0 Å². The van der Waals surface area contributed by atoms with E-state index in [9.17, 15) is 29.1 Å². The van der Waals surface area contributed by atoms with Crippen LogP contribution in [0.5, 0.6) is 0 Å². The lowest BCUT2D eigenvalue weighted by Gasteiger charge is -2.25. The Kier molecular flexibility index (Phi) is 12.3. The summed E-state index contributed by atoms with van der Waals surface area (Å²) in [6, 6.07) is 9.89. The van der Waals surface area contributed by atoms with Crippen molar-refractivity contribution in [2.24, 2.45) is 27.9 Å². The Bertz CT molecular complexity index is 1830. The minimum absolute atomic E-state index is 0.00615. The Morgan fingerprint density at radius 1 is 0.714 bits per heavy atom. The molecule has 0 bridgehead atoms. The zero-order valence-corrected chi connectivity index (χ0v) is 26.8. The lowest BCUT2D eigenvalue weighted by Crippen LogP contribution is -2.57. The van der Waals surface area contributed by atoms with Crippen LogP contribution < -0.4 is 38.9 Å². The van der Waals surface area contributed by atoms with Crippen LogP contribution in [0, 0.1) is 0 Å². The molecule has 4 atom stereocenters. The molecule has 4 amide bonds. The minimum Gasteiger partial charge on any atom is -0.480 e. The molecule has 260 valence electrons. The van der Waals surface area contributed by atoms with Crippen LogP contribution in [0.15, 0.2) is 65.9 Å². The van der Waals surface area contributed by atoms with E-state index in [4.69, 9.17) is 22.9 Å². The molecule has 4 rings (SSSR count). The van der Waals surface area contributed by atoms with E-state index in [-0.39, 0.29) is 51.0 Å². The minimum atomic E-state index is -1.33. The standard InChI is InChI=1S/C33H42N10O6/c34-22(11-12-28(35)44)29(45)41-25(10-5-13-38-33(36)37)30(46)42-26(14-18-16-39-23-8-3-1-6-20(18)23)31(47)43-27(32(48)49)15-19-17-40-24-9-4-2-7-21(19)24/h1-4,6-9,16-17,22,25-27,39-40H,5,10-15,34H2,(H2,35,44)(H,41,45)(H,42,46)(H,43,47)(H,48,49)(H4,36,37,38). The number of hydrogen-bond donors (Lipinski definition) is 10. The second-order valence-corrected chi connectivity index (χ2v) is 11.7. The number of benzene rings is 2. The zero-order chi connectivity index (χ0) is 35.5. The summed E-state index contributed by atoms with van der Waals surface area (Å²) in [6.07, 6.45) is 3.55. The molecule has 2 aromatic carbocycles. The van der Waals surface area contributed by atoms with Crippen molar-refractivity contribution in [1.29, 1.82) is 0 Å². The predicted molar refractivity (Wildman–Crippen MR) is 184 cm³/mol. The number of carboxylic acids is 1. The van der Waals surface area contributed by atoms with E-state index in [0.29, 0.717) is 11.1 Å². The van der Waals surface area contributed by atoms with Crippen LogP contribution in [-0.4, -0.2) is 81.3 Å². The van der Waals surface area contributed by atoms with Crippen molar-refractivity contribution < 1.29 is 29.1 Å². The number of aliphatic imine (C=N–C) groups is 1. The Labute approximate surface area is 281 Å². The summed E-state index contributed by atoms with van der Waals surface area (Å²) in [5.41, 5.74) is 25.0. The molecule has 0 fully saturated rings. The van der Waals surface area contributed by atoms with Gasteiger partial charge in [0.25, 0.3) is 0 Å². The number of guanidine groups is 1. The monoisotopic (exact) mass is 674 g/mol. The van der Waals surface area contributed by atoms with E-state index in [1.54, 1.807) is 12.4 Å². The summed E-state index contributed by atoms with van der Waals surface area (Å²) in [6.45, 7) is 0.156. The number of primary amides is 1. The van der Waals surface area contributed by atoms with Gasteiger partial charge in [-0.25, -0.2) is 4.79 Å². The SMILES string of the molecule is NC(=O)CCC(N)C(=O)NC(CCCN=C(N)N)C(=O)NC(Cc1c[nH]c2ccccc12)C(=O)NC(Cc1c[nH]c2ccccc12)C(=O)O. The van der Waals surface area contributed by atoms with Gasteiger partial charge in [-0.3, -0.25) is 24.2 Å². The van der Waals surface area contributed by atoms with Crippen LogP contribution in [0.25, 0.3) is 21.8 Å². The van der Waals surface area contributed by atoms with E-state index in [1.807, 2.05) is 48.5 Å². The summed E-state index contributed by atoms with van der Waals surface area (Å²) in [4.78, 5) is 74.3. The highest BCUT2D eigenvalue weighted by molar-refractivity contribution is 5.95. The number of hydrogen-bond acceptors (Lipinski definition) is 7. The quantitative estimate of drug-likeness (QED) is 0.0373. The first-order valence-corrected chi connectivity index (χ1v) is 15.8. The van der Waals surface area contributed by atoms with Gasteiger partial charge in [0.1, 0.15) is 18.1 Å². The molecule has 0 radical (unpaired) electrons. The number of nitrogens with one attached hydrogen (secondary N) is 5. The lowest BCUT2D eigenvalue weighted by atomic mass is 10.0. The maximum Gasteiger partial charge on any atom is 0.326 e. The van der Waals surface area contributed by atoms with Crippen molar-refractivity contribution in [2.45, 2.75) is 62.7 Å².